The number of amides is 1. The highest BCUT2D eigenvalue weighted by Gasteiger charge is 2.46. The molecular weight excluding hydrogens is 174 g/mol. The van der Waals surface area contributed by atoms with Crippen LogP contribution in [0, 0.1) is 0 Å². The summed E-state index contributed by atoms with van der Waals surface area (Å²) in [6, 6.07) is -0.142. The summed E-state index contributed by atoms with van der Waals surface area (Å²) >= 11 is 0. The molecule has 0 spiro atoms. The molecule has 3 atom stereocenters. The lowest BCUT2D eigenvalue weighted by atomic mass is 10.2. The number of rotatable bonds is 1. The minimum atomic E-state index is -0.410. The zero-order valence-electron chi connectivity index (χ0n) is 7.28. The normalized spacial score (nSPS) is 36.4. The number of nitrogens with one attached hydrogen (secondary N) is 1. The predicted octanol–water partition coefficient (Wildman–Crippen LogP) is 0.189. The molecule has 0 aromatic heterocycles. The van der Waals surface area contributed by atoms with Crippen LogP contribution in [0.3, 0.4) is 0 Å². The summed E-state index contributed by atoms with van der Waals surface area (Å²) in [5.41, 5.74) is 0. The lowest BCUT2D eigenvalue weighted by Crippen LogP contribution is -2.39. The monoisotopic (exact) mass is 185 g/mol. The van der Waals surface area contributed by atoms with Crippen molar-refractivity contribution in [2.24, 2.45) is 0 Å². The summed E-state index contributed by atoms with van der Waals surface area (Å²) in [5.74, 6) is -0.313. The first-order chi connectivity index (χ1) is 6.16. The molecule has 1 N–H and O–H groups in total. The summed E-state index contributed by atoms with van der Waals surface area (Å²) in [6.07, 6.45) is 0.786. The number of fused-ring (bicyclic) bond motifs is 1. The van der Waals surface area contributed by atoms with Crippen LogP contribution in [0.4, 0.5) is 4.79 Å². The van der Waals surface area contributed by atoms with E-state index < -0.39 is 6.09 Å². The molecule has 13 heavy (non-hydrogen) atoms. The SMILES string of the molecule is CC(=O)O[C@@H]1CC[C@H]2OC(=O)N[C@H]12. The van der Waals surface area contributed by atoms with Crippen LogP contribution < -0.4 is 5.32 Å². The topological polar surface area (TPSA) is 64.6 Å². The van der Waals surface area contributed by atoms with E-state index in [1.807, 2.05) is 0 Å². The van der Waals surface area contributed by atoms with Crippen LogP contribution in [0.15, 0.2) is 0 Å². The first kappa shape index (κ1) is 8.34. The van der Waals surface area contributed by atoms with Crippen LogP contribution in [0.25, 0.3) is 0 Å². The molecular formula is C8H11NO4. The minimum absolute atomic E-state index is 0.114. The van der Waals surface area contributed by atoms with Gasteiger partial charge in [0.05, 0.1) is 0 Å². The Balaban J connectivity index is 2.00. The molecule has 2 aliphatic rings. The van der Waals surface area contributed by atoms with Crippen LogP contribution in [-0.2, 0) is 14.3 Å². The Morgan fingerprint density at radius 1 is 1.62 bits per heavy atom. The molecule has 1 amide bonds. The van der Waals surface area contributed by atoms with Gasteiger partial charge in [-0.05, 0) is 12.8 Å². The fourth-order valence-corrected chi connectivity index (χ4v) is 1.90. The Morgan fingerprint density at radius 3 is 3.08 bits per heavy atom. The minimum Gasteiger partial charge on any atom is -0.460 e. The third kappa shape index (κ3) is 1.46. The zero-order chi connectivity index (χ0) is 9.42. The quantitative estimate of drug-likeness (QED) is 0.592. The van der Waals surface area contributed by atoms with E-state index in [4.69, 9.17) is 9.47 Å². The van der Waals surface area contributed by atoms with Crippen LogP contribution in [0.2, 0.25) is 0 Å². The Morgan fingerprint density at radius 2 is 2.38 bits per heavy atom. The zero-order valence-corrected chi connectivity index (χ0v) is 7.28. The number of carbonyl (C=O) groups excluding carboxylic acids is 2. The molecule has 0 radical (unpaired) electrons. The van der Waals surface area contributed by atoms with E-state index in [2.05, 4.69) is 5.32 Å². The number of hydrogen-bond acceptors (Lipinski definition) is 4. The van der Waals surface area contributed by atoms with E-state index in [0.717, 1.165) is 12.8 Å². The second-order valence-corrected chi connectivity index (χ2v) is 3.34. The van der Waals surface area contributed by atoms with Crippen molar-refractivity contribution in [3.8, 4) is 0 Å². The first-order valence-electron chi connectivity index (χ1n) is 4.31. The van der Waals surface area contributed by atoms with Crippen molar-refractivity contribution in [3.63, 3.8) is 0 Å². The van der Waals surface area contributed by atoms with Gasteiger partial charge >= 0.3 is 12.1 Å². The molecule has 1 aliphatic carbocycles. The van der Waals surface area contributed by atoms with Gasteiger partial charge in [0.2, 0.25) is 0 Å². The summed E-state index contributed by atoms with van der Waals surface area (Å²) in [6.45, 7) is 1.37. The average molecular weight is 185 g/mol. The van der Waals surface area contributed by atoms with Crippen molar-refractivity contribution in [2.75, 3.05) is 0 Å². The van der Waals surface area contributed by atoms with Crippen molar-refractivity contribution in [3.05, 3.63) is 0 Å². The van der Waals surface area contributed by atoms with Gasteiger partial charge in [0.1, 0.15) is 18.2 Å². The van der Waals surface area contributed by atoms with E-state index in [-0.39, 0.29) is 24.2 Å². The van der Waals surface area contributed by atoms with Crippen molar-refractivity contribution < 1.29 is 19.1 Å². The van der Waals surface area contributed by atoms with E-state index in [0.29, 0.717) is 0 Å². The Kier molecular flexibility index (Phi) is 1.86. The maximum atomic E-state index is 10.8. The first-order valence-corrected chi connectivity index (χ1v) is 4.31. The standard InChI is InChI=1S/C8H11NO4/c1-4(10)12-5-2-3-6-7(5)9-8(11)13-6/h5-7H,2-3H2,1H3,(H,9,11)/t5-,6-,7-/m1/s1. The smallest absolute Gasteiger partial charge is 0.407 e. The Hall–Kier alpha value is -1.26. The van der Waals surface area contributed by atoms with Gasteiger partial charge < -0.3 is 14.8 Å². The molecule has 1 saturated carbocycles. The molecule has 1 aliphatic heterocycles. The van der Waals surface area contributed by atoms with Gasteiger partial charge in [0, 0.05) is 6.92 Å². The number of hydrogen-bond donors (Lipinski definition) is 1. The third-order valence-electron chi connectivity index (χ3n) is 2.40. The van der Waals surface area contributed by atoms with Gasteiger partial charge in [-0.15, -0.1) is 0 Å². The highest BCUT2D eigenvalue weighted by molar-refractivity contribution is 5.71. The lowest BCUT2D eigenvalue weighted by Gasteiger charge is -2.15. The van der Waals surface area contributed by atoms with Gasteiger partial charge in [-0.3, -0.25) is 4.79 Å². The van der Waals surface area contributed by atoms with Gasteiger partial charge in [-0.1, -0.05) is 0 Å². The largest absolute Gasteiger partial charge is 0.460 e. The third-order valence-corrected chi connectivity index (χ3v) is 2.40. The molecule has 2 rings (SSSR count). The molecule has 0 bridgehead atoms. The Labute approximate surface area is 75.4 Å². The predicted molar refractivity (Wildman–Crippen MR) is 42.0 cm³/mol. The molecule has 2 fully saturated rings. The molecule has 0 unspecified atom stereocenters. The lowest BCUT2D eigenvalue weighted by molar-refractivity contribution is -0.146. The highest BCUT2D eigenvalue weighted by Crippen LogP contribution is 2.29. The molecule has 1 saturated heterocycles. The number of carbonyl (C=O) groups is 2. The van der Waals surface area contributed by atoms with Crippen LogP contribution in [0.1, 0.15) is 19.8 Å². The summed E-state index contributed by atoms with van der Waals surface area (Å²) < 4.78 is 10.00. The summed E-state index contributed by atoms with van der Waals surface area (Å²) in [7, 11) is 0. The maximum absolute atomic E-state index is 10.8. The molecule has 0 aromatic rings. The molecule has 1 heterocycles. The number of esters is 1. The fraction of sp³-hybridized carbons (Fsp3) is 0.750. The van der Waals surface area contributed by atoms with Gasteiger partial charge in [-0.2, -0.15) is 0 Å². The van der Waals surface area contributed by atoms with Crippen molar-refractivity contribution in [2.45, 2.75) is 38.0 Å². The summed E-state index contributed by atoms with van der Waals surface area (Å²) in [4.78, 5) is 21.5. The van der Waals surface area contributed by atoms with E-state index in [1.54, 1.807) is 0 Å². The van der Waals surface area contributed by atoms with E-state index >= 15 is 0 Å². The highest BCUT2D eigenvalue weighted by atomic mass is 16.6. The molecule has 5 heteroatoms. The van der Waals surface area contributed by atoms with Crippen molar-refractivity contribution in [1.29, 1.82) is 0 Å². The molecule has 5 nitrogen and oxygen atoms in total. The Bertz CT molecular complexity index is 253. The fourth-order valence-electron chi connectivity index (χ4n) is 1.90. The second kappa shape index (κ2) is 2.90. The molecule has 72 valence electrons. The second-order valence-electron chi connectivity index (χ2n) is 3.34. The van der Waals surface area contributed by atoms with E-state index in [1.165, 1.54) is 6.92 Å². The van der Waals surface area contributed by atoms with Gasteiger partial charge in [-0.25, -0.2) is 4.79 Å². The number of alkyl carbamates (subject to hydrolysis) is 1. The van der Waals surface area contributed by atoms with E-state index in [9.17, 15) is 9.59 Å². The van der Waals surface area contributed by atoms with Crippen molar-refractivity contribution in [1.82, 2.24) is 5.32 Å². The van der Waals surface area contributed by atoms with Gasteiger partial charge in [0.15, 0.2) is 0 Å². The number of ether oxygens (including phenoxy) is 2. The maximum Gasteiger partial charge on any atom is 0.407 e. The van der Waals surface area contributed by atoms with Crippen LogP contribution in [0.5, 0.6) is 0 Å². The van der Waals surface area contributed by atoms with Crippen LogP contribution >= 0.6 is 0 Å². The van der Waals surface area contributed by atoms with Crippen molar-refractivity contribution >= 4 is 12.1 Å². The molecule has 0 aromatic carbocycles. The summed E-state index contributed by atoms with van der Waals surface area (Å²) in [5, 5.41) is 2.63. The average Bonchev–Trinajstić information content (AvgIpc) is 2.51. The van der Waals surface area contributed by atoms with Crippen LogP contribution in [-0.4, -0.2) is 30.3 Å². The van der Waals surface area contributed by atoms with Gasteiger partial charge in [0.25, 0.3) is 0 Å².